The number of hydrogen-bond acceptors (Lipinski definition) is 2. The van der Waals surface area contributed by atoms with Crippen LogP contribution in [0.2, 0.25) is 0 Å². The van der Waals surface area contributed by atoms with Crippen molar-refractivity contribution >= 4 is 6.29 Å². The molecule has 0 aromatic heterocycles. The van der Waals surface area contributed by atoms with Crippen LogP contribution in [0, 0.1) is 51.8 Å². The summed E-state index contributed by atoms with van der Waals surface area (Å²) >= 11 is 0. The molecule has 5 aliphatic rings. The van der Waals surface area contributed by atoms with Crippen LogP contribution in [0.4, 0.5) is 0 Å². The van der Waals surface area contributed by atoms with E-state index in [1.54, 1.807) is 0 Å². The second-order valence-corrected chi connectivity index (χ2v) is 11.0. The quantitative estimate of drug-likeness (QED) is 0.665. The number of ether oxygens (including phenoxy) is 1. The van der Waals surface area contributed by atoms with E-state index < -0.39 is 0 Å². The minimum absolute atomic E-state index is 0.231. The second kappa shape index (κ2) is 5.12. The summed E-state index contributed by atoms with van der Waals surface area (Å²) in [6.07, 6.45) is 12.7. The first kappa shape index (κ1) is 16.8. The highest BCUT2D eigenvalue weighted by Gasteiger charge is 2.77. The normalized spacial score (nSPS) is 60.2. The summed E-state index contributed by atoms with van der Waals surface area (Å²) in [6, 6.07) is 0. The van der Waals surface area contributed by atoms with Crippen LogP contribution in [-0.2, 0) is 9.53 Å². The van der Waals surface area contributed by atoms with Crippen molar-refractivity contribution in [3.8, 4) is 0 Å². The molecule has 0 bridgehead atoms. The average molecular weight is 345 g/mol. The summed E-state index contributed by atoms with van der Waals surface area (Å²) in [7, 11) is 1.97. The fourth-order valence-corrected chi connectivity index (χ4v) is 9.58. The average Bonchev–Trinajstić information content (AvgIpc) is 3.12. The van der Waals surface area contributed by atoms with Gasteiger partial charge < -0.3 is 9.53 Å². The van der Waals surface area contributed by atoms with Crippen LogP contribution < -0.4 is 0 Å². The summed E-state index contributed by atoms with van der Waals surface area (Å²) in [5.74, 6) is 4.37. The molecule has 0 aromatic rings. The standard InChI is InChI=1S/C23H36O2/c1-14(13-24)17-5-6-18-16-11-20(25-4)23-12-15(23)7-10-22(23,3)19(16)8-9-21(17,18)2/h13-20H,5-12H2,1-4H3/t14-,15-,16+,17-,18+,19+,20?,21-,22-,23?/m1/s1. The van der Waals surface area contributed by atoms with Crippen LogP contribution in [0.25, 0.3) is 0 Å². The first-order chi connectivity index (χ1) is 11.9. The maximum atomic E-state index is 11.5. The van der Waals surface area contributed by atoms with Crippen molar-refractivity contribution in [2.45, 2.75) is 78.2 Å². The number of methoxy groups -OCH3 is 1. The lowest BCUT2D eigenvalue weighted by Gasteiger charge is -2.61. The van der Waals surface area contributed by atoms with E-state index in [0.717, 1.165) is 23.7 Å². The van der Waals surface area contributed by atoms with Crippen molar-refractivity contribution in [2.24, 2.45) is 51.8 Å². The van der Waals surface area contributed by atoms with Gasteiger partial charge in [0.25, 0.3) is 0 Å². The Morgan fingerprint density at radius 3 is 2.56 bits per heavy atom. The zero-order valence-electron chi connectivity index (χ0n) is 16.6. The third-order valence-corrected chi connectivity index (χ3v) is 10.8. The van der Waals surface area contributed by atoms with Crippen molar-refractivity contribution in [3.63, 3.8) is 0 Å². The number of rotatable bonds is 3. The van der Waals surface area contributed by atoms with Crippen LogP contribution in [-0.4, -0.2) is 19.5 Å². The molecule has 0 aliphatic heterocycles. The maximum absolute atomic E-state index is 11.5. The molecule has 0 radical (unpaired) electrons. The number of carbonyl (C=O) groups excluding carboxylic acids is 1. The van der Waals surface area contributed by atoms with E-state index in [9.17, 15) is 4.79 Å². The van der Waals surface area contributed by atoms with E-state index in [1.807, 2.05) is 7.11 Å². The fraction of sp³-hybridized carbons (Fsp3) is 0.957. The summed E-state index contributed by atoms with van der Waals surface area (Å²) < 4.78 is 6.18. The molecule has 0 heterocycles. The predicted octanol–water partition coefficient (Wildman–Crippen LogP) is 5.11. The third-order valence-electron chi connectivity index (χ3n) is 10.8. The van der Waals surface area contributed by atoms with E-state index in [4.69, 9.17) is 4.74 Å². The van der Waals surface area contributed by atoms with E-state index in [2.05, 4.69) is 20.8 Å². The van der Waals surface area contributed by atoms with Crippen LogP contribution in [0.15, 0.2) is 0 Å². The molecule has 0 amide bonds. The van der Waals surface area contributed by atoms with E-state index in [1.165, 1.54) is 57.7 Å². The van der Waals surface area contributed by atoms with E-state index in [0.29, 0.717) is 28.3 Å². The summed E-state index contributed by atoms with van der Waals surface area (Å²) in [6.45, 7) is 7.35. The minimum atomic E-state index is 0.231. The molecule has 2 unspecified atom stereocenters. The number of fused-ring (bicyclic) bond motifs is 4. The Kier molecular flexibility index (Phi) is 3.43. The SMILES string of the molecule is COC1C[C@H]2[C@@H]3CC[C@H]([C@H](C)C=O)[C@@]3(C)CC[C@@H]2[C@@]2(C)CC[C@@H]3CC132. The van der Waals surface area contributed by atoms with Gasteiger partial charge in [-0.1, -0.05) is 20.8 Å². The maximum Gasteiger partial charge on any atom is 0.123 e. The van der Waals surface area contributed by atoms with E-state index in [-0.39, 0.29) is 5.92 Å². The monoisotopic (exact) mass is 344 g/mol. The van der Waals surface area contributed by atoms with Gasteiger partial charge in [-0.25, -0.2) is 0 Å². The Morgan fingerprint density at radius 1 is 1.08 bits per heavy atom. The van der Waals surface area contributed by atoms with Crippen molar-refractivity contribution in [3.05, 3.63) is 0 Å². The van der Waals surface area contributed by atoms with Crippen molar-refractivity contribution < 1.29 is 9.53 Å². The highest BCUT2D eigenvalue weighted by molar-refractivity contribution is 5.53. The predicted molar refractivity (Wildman–Crippen MR) is 99.1 cm³/mol. The number of carbonyl (C=O) groups is 1. The van der Waals surface area contributed by atoms with Gasteiger partial charge in [0.1, 0.15) is 6.29 Å². The lowest BCUT2D eigenvalue weighted by Crippen LogP contribution is -2.57. The molecule has 5 aliphatic carbocycles. The van der Waals surface area contributed by atoms with Gasteiger partial charge in [0.05, 0.1) is 6.10 Å². The topological polar surface area (TPSA) is 26.3 Å². The van der Waals surface area contributed by atoms with Gasteiger partial charge in [0.15, 0.2) is 0 Å². The zero-order valence-corrected chi connectivity index (χ0v) is 16.6. The molecule has 25 heavy (non-hydrogen) atoms. The molecular formula is C23H36O2. The lowest BCUT2D eigenvalue weighted by molar-refractivity contribution is -0.161. The Morgan fingerprint density at radius 2 is 1.88 bits per heavy atom. The van der Waals surface area contributed by atoms with Crippen molar-refractivity contribution in [2.75, 3.05) is 7.11 Å². The van der Waals surface area contributed by atoms with Crippen molar-refractivity contribution in [1.29, 1.82) is 0 Å². The van der Waals surface area contributed by atoms with Gasteiger partial charge >= 0.3 is 0 Å². The molecule has 2 heteroatoms. The smallest absolute Gasteiger partial charge is 0.123 e. The van der Waals surface area contributed by atoms with Gasteiger partial charge in [-0.15, -0.1) is 0 Å². The Hall–Kier alpha value is -0.370. The second-order valence-electron chi connectivity index (χ2n) is 11.0. The van der Waals surface area contributed by atoms with Crippen LogP contribution in [0.1, 0.15) is 72.1 Å². The van der Waals surface area contributed by atoms with Gasteiger partial charge in [-0.05, 0) is 91.8 Å². The highest BCUT2D eigenvalue weighted by Crippen LogP contribution is 2.82. The zero-order chi connectivity index (χ0) is 17.6. The molecule has 5 rings (SSSR count). The largest absolute Gasteiger partial charge is 0.381 e. The number of aldehydes is 1. The van der Waals surface area contributed by atoms with Crippen molar-refractivity contribution in [1.82, 2.24) is 0 Å². The molecule has 140 valence electrons. The Bertz CT molecular complexity index is 587. The molecule has 10 atom stereocenters. The summed E-state index contributed by atoms with van der Waals surface area (Å²) in [5, 5.41) is 0. The minimum Gasteiger partial charge on any atom is -0.381 e. The Balaban J connectivity index is 1.50. The molecular weight excluding hydrogens is 308 g/mol. The van der Waals surface area contributed by atoms with Crippen LogP contribution in [0.5, 0.6) is 0 Å². The lowest BCUT2D eigenvalue weighted by atomic mass is 9.45. The highest BCUT2D eigenvalue weighted by atomic mass is 16.5. The van der Waals surface area contributed by atoms with Crippen LogP contribution >= 0.6 is 0 Å². The first-order valence-corrected chi connectivity index (χ1v) is 10.9. The molecule has 0 saturated heterocycles. The summed E-state index contributed by atoms with van der Waals surface area (Å²) in [4.78, 5) is 11.5. The Labute approximate surface area is 153 Å². The first-order valence-electron chi connectivity index (χ1n) is 10.9. The molecule has 2 nitrogen and oxygen atoms in total. The molecule has 1 spiro atoms. The fourth-order valence-electron chi connectivity index (χ4n) is 9.58. The molecule has 5 saturated carbocycles. The molecule has 5 fully saturated rings. The molecule has 0 N–H and O–H groups in total. The van der Waals surface area contributed by atoms with Gasteiger partial charge in [-0.3, -0.25) is 0 Å². The number of hydrogen-bond donors (Lipinski definition) is 0. The van der Waals surface area contributed by atoms with Gasteiger partial charge in [-0.2, -0.15) is 0 Å². The third kappa shape index (κ3) is 1.79. The molecule has 0 aromatic carbocycles. The summed E-state index contributed by atoms with van der Waals surface area (Å²) in [5.41, 5.74) is 1.45. The van der Waals surface area contributed by atoms with E-state index >= 15 is 0 Å². The van der Waals surface area contributed by atoms with Gasteiger partial charge in [0.2, 0.25) is 0 Å². The van der Waals surface area contributed by atoms with Gasteiger partial charge in [0, 0.05) is 18.4 Å². The van der Waals surface area contributed by atoms with Crippen LogP contribution in [0.3, 0.4) is 0 Å².